The number of hydrogen-bond donors (Lipinski definition) is 0. The molecule has 0 amide bonds. The lowest BCUT2D eigenvalue weighted by molar-refractivity contribution is -0.159. The lowest BCUT2D eigenvalue weighted by Gasteiger charge is -2.16. The molecule has 144 valence electrons. The number of cyclic esters (lactones) is 1. The third-order valence-electron chi connectivity index (χ3n) is 4.73. The summed E-state index contributed by atoms with van der Waals surface area (Å²) in [4.78, 5) is 24.8. The number of benzene rings is 2. The second-order valence-electron chi connectivity index (χ2n) is 6.31. The molecule has 7 heteroatoms. The van der Waals surface area contributed by atoms with E-state index >= 15 is 0 Å². The van der Waals surface area contributed by atoms with Gasteiger partial charge in [-0.15, -0.1) is 0 Å². The van der Waals surface area contributed by atoms with Gasteiger partial charge < -0.3 is 23.7 Å². The number of hydrogen-bond acceptors (Lipinski definition) is 7. The van der Waals surface area contributed by atoms with Crippen molar-refractivity contribution in [3.63, 3.8) is 0 Å². The van der Waals surface area contributed by atoms with Crippen LogP contribution in [0.5, 0.6) is 17.2 Å². The van der Waals surface area contributed by atoms with E-state index < -0.39 is 24.0 Å². The highest BCUT2D eigenvalue weighted by Gasteiger charge is 2.46. The van der Waals surface area contributed by atoms with Crippen molar-refractivity contribution >= 4 is 18.0 Å². The molecule has 0 bridgehead atoms. The lowest BCUT2D eigenvalue weighted by Crippen LogP contribution is -2.27. The molecule has 0 aromatic heterocycles. The number of rotatable bonds is 4. The summed E-state index contributed by atoms with van der Waals surface area (Å²) in [5, 5.41) is 0. The Bertz CT molecular complexity index is 946. The van der Waals surface area contributed by atoms with Gasteiger partial charge in [-0.05, 0) is 41.5 Å². The van der Waals surface area contributed by atoms with Crippen LogP contribution in [0, 0.1) is 0 Å². The van der Waals surface area contributed by atoms with Gasteiger partial charge in [0.25, 0.3) is 0 Å². The Hall–Kier alpha value is -3.48. The van der Waals surface area contributed by atoms with Crippen LogP contribution in [0.3, 0.4) is 0 Å². The molecule has 0 saturated carbocycles. The van der Waals surface area contributed by atoms with Crippen LogP contribution in [0.25, 0.3) is 6.08 Å². The lowest BCUT2D eigenvalue weighted by atomic mass is 9.87. The van der Waals surface area contributed by atoms with E-state index in [1.165, 1.54) is 7.11 Å². The van der Waals surface area contributed by atoms with E-state index in [-0.39, 0.29) is 6.79 Å². The molecular weight excluding hydrogens is 364 g/mol. The first kappa shape index (κ1) is 17.9. The zero-order valence-corrected chi connectivity index (χ0v) is 15.3. The van der Waals surface area contributed by atoms with Gasteiger partial charge in [0.2, 0.25) is 12.9 Å². The van der Waals surface area contributed by atoms with E-state index in [4.69, 9.17) is 23.7 Å². The van der Waals surface area contributed by atoms with Crippen molar-refractivity contribution in [2.75, 3.05) is 21.0 Å². The van der Waals surface area contributed by atoms with Crippen LogP contribution in [-0.4, -0.2) is 39.1 Å². The van der Waals surface area contributed by atoms with Crippen molar-refractivity contribution in [3.05, 3.63) is 59.2 Å². The Labute approximate surface area is 161 Å². The van der Waals surface area contributed by atoms with Crippen LogP contribution in [0.1, 0.15) is 17.0 Å². The summed E-state index contributed by atoms with van der Waals surface area (Å²) < 4.78 is 26.1. The Morgan fingerprint density at radius 1 is 1.07 bits per heavy atom. The second-order valence-corrected chi connectivity index (χ2v) is 6.31. The van der Waals surface area contributed by atoms with Gasteiger partial charge in [0.15, 0.2) is 11.5 Å². The van der Waals surface area contributed by atoms with E-state index in [9.17, 15) is 9.59 Å². The second kappa shape index (κ2) is 7.26. The molecule has 7 nitrogen and oxygen atoms in total. The molecule has 2 aromatic rings. The molecule has 2 heterocycles. The predicted molar refractivity (Wildman–Crippen MR) is 98.2 cm³/mol. The van der Waals surface area contributed by atoms with E-state index in [1.807, 2.05) is 12.1 Å². The fourth-order valence-electron chi connectivity index (χ4n) is 3.33. The summed E-state index contributed by atoms with van der Waals surface area (Å²) in [5.74, 6) is 0.0732. The Morgan fingerprint density at radius 2 is 1.82 bits per heavy atom. The van der Waals surface area contributed by atoms with E-state index in [0.717, 1.165) is 5.56 Å². The van der Waals surface area contributed by atoms with Crippen LogP contribution in [0.15, 0.2) is 48.0 Å². The number of ether oxygens (including phenoxy) is 5. The van der Waals surface area contributed by atoms with Crippen molar-refractivity contribution in [1.29, 1.82) is 0 Å². The molecule has 0 aliphatic carbocycles. The zero-order chi connectivity index (χ0) is 19.7. The van der Waals surface area contributed by atoms with Crippen LogP contribution in [0.2, 0.25) is 0 Å². The maximum atomic E-state index is 12.6. The van der Waals surface area contributed by atoms with Crippen molar-refractivity contribution in [2.45, 2.75) is 12.0 Å². The molecule has 2 aromatic carbocycles. The molecule has 0 N–H and O–H groups in total. The van der Waals surface area contributed by atoms with Crippen molar-refractivity contribution < 1.29 is 33.3 Å². The molecule has 28 heavy (non-hydrogen) atoms. The van der Waals surface area contributed by atoms with Crippen LogP contribution < -0.4 is 14.2 Å². The molecule has 4 rings (SSSR count). The highest BCUT2D eigenvalue weighted by atomic mass is 16.7. The molecule has 2 atom stereocenters. The van der Waals surface area contributed by atoms with E-state index in [0.29, 0.717) is 28.4 Å². The fourth-order valence-corrected chi connectivity index (χ4v) is 3.33. The van der Waals surface area contributed by atoms with Crippen molar-refractivity contribution in [3.8, 4) is 17.2 Å². The van der Waals surface area contributed by atoms with Crippen molar-refractivity contribution in [2.24, 2.45) is 0 Å². The van der Waals surface area contributed by atoms with Crippen LogP contribution >= 0.6 is 0 Å². The summed E-state index contributed by atoms with van der Waals surface area (Å²) in [5.41, 5.74) is 1.84. The minimum Gasteiger partial charge on any atom is -0.497 e. The van der Waals surface area contributed by atoms with Gasteiger partial charge in [-0.25, -0.2) is 9.59 Å². The highest BCUT2D eigenvalue weighted by molar-refractivity contribution is 6.01. The van der Waals surface area contributed by atoms with E-state index in [1.54, 1.807) is 43.5 Å². The molecular formula is C21H18O7. The van der Waals surface area contributed by atoms with Gasteiger partial charge in [0.05, 0.1) is 20.1 Å². The Balaban J connectivity index is 1.77. The minimum atomic E-state index is -1.07. The molecule has 1 fully saturated rings. The SMILES string of the molecule is COC(=O)[C@@H]1OC(=O)/C(=C/c2ccc(OC)cc2)[C@H]1c1ccc2c(c1)OCO2. The summed E-state index contributed by atoms with van der Waals surface area (Å²) in [6, 6.07) is 12.5. The molecule has 1 saturated heterocycles. The third-order valence-corrected chi connectivity index (χ3v) is 4.73. The maximum Gasteiger partial charge on any atom is 0.348 e. The monoisotopic (exact) mass is 382 g/mol. The number of carbonyl (C=O) groups is 2. The highest BCUT2D eigenvalue weighted by Crippen LogP contribution is 2.42. The van der Waals surface area contributed by atoms with Crippen molar-refractivity contribution in [1.82, 2.24) is 0 Å². The first-order chi connectivity index (χ1) is 13.6. The summed E-state index contributed by atoms with van der Waals surface area (Å²) in [7, 11) is 2.84. The Morgan fingerprint density at radius 3 is 2.54 bits per heavy atom. The van der Waals surface area contributed by atoms with Gasteiger partial charge in [-0.3, -0.25) is 0 Å². The Kier molecular flexibility index (Phi) is 4.65. The van der Waals surface area contributed by atoms with Gasteiger partial charge in [-0.1, -0.05) is 18.2 Å². The molecule has 2 aliphatic heterocycles. The van der Waals surface area contributed by atoms with Crippen LogP contribution in [-0.2, 0) is 19.1 Å². The van der Waals surface area contributed by atoms with Gasteiger partial charge in [0, 0.05) is 5.57 Å². The quantitative estimate of drug-likeness (QED) is 0.594. The molecule has 0 unspecified atom stereocenters. The smallest absolute Gasteiger partial charge is 0.348 e. The average molecular weight is 382 g/mol. The number of esters is 2. The topological polar surface area (TPSA) is 80.3 Å². The predicted octanol–water partition coefficient (Wildman–Crippen LogP) is 2.69. The van der Waals surface area contributed by atoms with E-state index in [2.05, 4.69) is 0 Å². The summed E-state index contributed by atoms with van der Waals surface area (Å²) in [6.07, 6.45) is 0.641. The van der Waals surface area contributed by atoms with Gasteiger partial charge in [-0.2, -0.15) is 0 Å². The number of fused-ring (bicyclic) bond motifs is 1. The molecule has 0 spiro atoms. The fraction of sp³-hybridized carbons (Fsp3) is 0.238. The van der Waals surface area contributed by atoms with Gasteiger partial charge >= 0.3 is 11.9 Å². The number of carbonyl (C=O) groups excluding carboxylic acids is 2. The number of methoxy groups -OCH3 is 2. The first-order valence-corrected chi connectivity index (χ1v) is 8.64. The standard InChI is InChI=1S/C21H18O7/c1-24-14-6-3-12(4-7-14)9-15-18(19(21(23)25-2)28-20(15)22)13-5-8-16-17(10-13)27-11-26-16/h3-10,18-19H,11H2,1-2H3/b15-9+/t18-,19-/m1/s1. The van der Waals surface area contributed by atoms with Gasteiger partial charge in [0.1, 0.15) is 5.75 Å². The van der Waals surface area contributed by atoms with Crippen LogP contribution in [0.4, 0.5) is 0 Å². The molecule has 2 aliphatic rings. The average Bonchev–Trinajstić information content (AvgIpc) is 3.32. The summed E-state index contributed by atoms with van der Waals surface area (Å²) >= 11 is 0. The normalized spacial score (nSPS) is 21.5. The molecule has 0 radical (unpaired) electrons. The first-order valence-electron chi connectivity index (χ1n) is 8.64. The maximum absolute atomic E-state index is 12.6. The minimum absolute atomic E-state index is 0.133. The largest absolute Gasteiger partial charge is 0.497 e. The third kappa shape index (κ3) is 3.15. The zero-order valence-electron chi connectivity index (χ0n) is 15.3. The summed E-state index contributed by atoms with van der Waals surface area (Å²) in [6.45, 7) is 0.133.